The maximum atomic E-state index is 5.10. The Balaban J connectivity index is 1.07. The molecule has 0 spiro atoms. The predicted molar refractivity (Wildman–Crippen MR) is 230 cm³/mol. The second kappa shape index (κ2) is 13.1. The summed E-state index contributed by atoms with van der Waals surface area (Å²) in [6.45, 7) is 2.40. The van der Waals surface area contributed by atoms with E-state index in [2.05, 4.69) is 156 Å². The molecular formula is C51H36N6. The normalized spacial score (nSPS) is 15.5. The van der Waals surface area contributed by atoms with Gasteiger partial charge in [-0.2, -0.15) is 0 Å². The summed E-state index contributed by atoms with van der Waals surface area (Å²) in [7, 11) is 0. The predicted octanol–water partition coefficient (Wildman–Crippen LogP) is 11.9. The molecule has 270 valence electrons. The fraction of sp³-hybridized carbons (Fsp3) is 0.0588. The number of hydrogen-bond acceptors (Lipinski definition) is 5. The molecule has 1 atom stereocenters. The number of aromatic nitrogens is 5. The molecule has 6 aromatic carbocycles. The first-order valence-corrected chi connectivity index (χ1v) is 19.3. The van der Waals surface area contributed by atoms with Gasteiger partial charge in [-0.05, 0) is 72.0 Å². The third kappa shape index (κ3) is 5.40. The van der Waals surface area contributed by atoms with Crippen LogP contribution in [0.2, 0.25) is 0 Å². The minimum Gasteiger partial charge on any atom is -0.313 e. The summed E-state index contributed by atoms with van der Waals surface area (Å²) < 4.78 is 2.36. The van der Waals surface area contributed by atoms with Gasteiger partial charge in [0.05, 0.1) is 23.1 Å². The molecule has 11 rings (SSSR count). The number of rotatable bonds is 6. The molecule has 6 heteroatoms. The van der Waals surface area contributed by atoms with E-state index in [-0.39, 0.29) is 5.41 Å². The molecule has 0 N–H and O–H groups in total. The molecule has 3 aromatic heterocycles. The van der Waals surface area contributed by atoms with Gasteiger partial charge in [0, 0.05) is 50.8 Å². The third-order valence-corrected chi connectivity index (χ3v) is 11.5. The molecule has 0 fully saturated rings. The monoisotopic (exact) mass is 732 g/mol. The molecule has 0 amide bonds. The van der Waals surface area contributed by atoms with E-state index in [0.29, 0.717) is 17.5 Å². The van der Waals surface area contributed by atoms with E-state index in [4.69, 9.17) is 19.9 Å². The van der Waals surface area contributed by atoms with Gasteiger partial charge in [0.25, 0.3) is 0 Å². The van der Waals surface area contributed by atoms with Crippen molar-refractivity contribution >= 4 is 28.4 Å². The summed E-state index contributed by atoms with van der Waals surface area (Å²) in [6.07, 6.45) is 7.08. The van der Waals surface area contributed by atoms with E-state index < -0.39 is 0 Å². The maximum absolute atomic E-state index is 5.10. The topological polar surface area (TPSA) is 59.7 Å². The summed E-state index contributed by atoms with van der Waals surface area (Å²) in [6, 6.07) is 59.4. The fourth-order valence-corrected chi connectivity index (χ4v) is 8.80. The lowest BCUT2D eigenvalue weighted by atomic mass is 9.73. The fourth-order valence-electron chi connectivity index (χ4n) is 8.80. The lowest BCUT2D eigenvalue weighted by Crippen LogP contribution is -2.31. The Morgan fingerprint density at radius 2 is 1.07 bits per heavy atom. The van der Waals surface area contributed by atoms with E-state index in [1.54, 1.807) is 0 Å². The molecule has 9 aromatic rings. The van der Waals surface area contributed by atoms with Crippen LogP contribution in [0, 0.1) is 0 Å². The molecular weight excluding hydrogens is 697 g/mol. The van der Waals surface area contributed by atoms with E-state index >= 15 is 0 Å². The van der Waals surface area contributed by atoms with Gasteiger partial charge in [0.2, 0.25) is 0 Å². The van der Waals surface area contributed by atoms with Crippen LogP contribution in [-0.2, 0) is 11.8 Å². The van der Waals surface area contributed by atoms with Crippen molar-refractivity contribution in [2.24, 2.45) is 0 Å². The second-order valence-electron chi connectivity index (χ2n) is 15.0. The van der Waals surface area contributed by atoms with Crippen LogP contribution in [-0.4, -0.2) is 24.5 Å². The van der Waals surface area contributed by atoms with Gasteiger partial charge in [0.15, 0.2) is 17.5 Å². The van der Waals surface area contributed by atoms with Crippen molar-refractivity contribution in [3.63, 3.8) is 0 Å². The van der Waals surface area contributed by atoms with Crippen LogP contribution in [0.15, 0.2) is 188 Å². The first-order chi connectivity index (χ1) is 28.1. The van der Waals surface area contributed by atoms with Gasteiger partial charge >= 0.3 is 0 Å². The van der Waals surface area contributed by atoms with Crippen LogP contribution in [0.5, 0.6) is 0 Å². The van der Waals surface area contributed by atoms with Crippen LogP contribution >= 0.6 is 0 Å². The highest BCUT2D eigenvalue weighted by Crippen LogP contribution is 2.56. The molecule has 0 radical (unpaired) electrons. The number of fused-ring (bicyclic) bond motifs is 6. The molecule has 57 heavy (non-hydrogen) atoms. The van der Waals surface area contributed by atoms with Gasteiger partial charge in [-0.25, -0.2) is 15.0 Å². The van der Waals surface area contributed by atoms with E-state index in [0.717, 1.165) is 51.3 Å². The summed E-state index contributed by atoms with van der Waals surface area (Å²) in [5.74, 6) is 1.79. The van der Waals surface area contributed by atoms with Crippen molar-refractivity contribution in [3.05, 3.63) is 205 Å². The first kappa shape index (κ1) is 32.9. The molecule has 0 saturated heterocycles. The SMILES string of the molecule is CC12Cc3c(n(-c4cncc(-c5nc(-c6ccccc6)nc(-c6ccc(-c7ccccc7)cc6)n5)c4)c4ccccc34)C=C1N(c1ccccc1)c1ccccc12. The number of hydrogen-bond donors (Lipinski definition) is 0. The van der Waals surface area contributed by atoms with Gasteiger partial charge in [-0.15, -0.1) is 0 Å². The summed E-state index contributed by atoms with van der Waals surface area (Å²) >= 11 is 0. The van der Waals surface area contributed by atoms with Gasteiger partial charge < -0.3 is 9.47 Å². The number of allylic oxidation sites excluding steroid dienone is 1. The Morgan fingerprint density at radius 3 is 1.81 bits per heavy atom. The Bertz CT molecular complexity index is 2990. The Kier molecular flexibility index (Phi) is 7.57. The smallest absolute Gasteiger partial charge is 0.165 e. The van der Waals surface area contributed by atoms with Gasteiger partial charge in [-0.1, -0.05) is 140 Å². The van der Waals surface area contributed by atoms with Crippen LogP contribution in [0.3, 0.4) is 0 Å². The molecule has 1 unspecified atom stereocenters. The largest absolute Gasteiger partial charge is 0.313 e. The molecule has 0 saturated carbocycles. The van der Waals surface area contributed by atoms with Crippen LogP contribution in [0.4, 0.5) is 11.4 Å². The molecule has 1 aliphatic heterocycles. The van der Waals surface area contributed by atoms with E-state index in [9.17, 15) is 0 Å². The Labute approximate surface area is 331 Å². The Hall–Kier alpha value is -7.44. The number of para-hydroxylation sites is 3. The molecule has 2 aliphatic rings. The van der Waals surface area contributed by atoms with Crippen molar-refractivity contribution in [3.8, 4) is 51.0 Å². The first-order valence-electron chi connectivity index (χ1n) is 19.3. The highest BCUT2D eigenvalue weighted by molar-refractivity contribution is 5.95. The number of pyridine rings is 1. The van der Waals surface area contributed by atoms with E-state index in [1.165, 1.54) is 33.5 Å². The molecule has 4 heterocycles. The molecule has 1 aliphatic carbocycles. The van der Waals surface area contributed by atoms with Crippen LogP contribution < -0.4 is 4.90 Å². The second-order valence-corrected chi connectivity index (χ2v) is 15.0. The van der Waals surface area contributed by atoms with Gasteiger partial charge in [-0.3, -0.25) is 4.98 Å². The molecule has 6 nitrogen and oxygen atoms in total. The van der Waals surface area contributed by atoms with Crippen LogP contribution in [0.25, 0.3) is 68.0 Å². The highest BCUT2D eigenvalue weighted by atomic mass is 15.2. The van der Waals surface area contributed by atoms with Crippen LogP contribution in [0.1, 0.15) is 23.7 Å². The lowest BCUT2D eigenvalue weighted by molar-refractivity contribution is 0.567. The number of benzene rings is 6. The highest BCUT2D eigenvalue weighted by Gasteiger charge is 2.47. The standard InChI is InChI=1S/C51H36N6/c1-51-31-42-41-21-11-13-23-44(41)56(46(42)30-47(51)57(39-19-9-4-10-20-39)45-24-14-12-22-43(45)51)40-29-38(32-52-33-40)50-54-48(36-17-7-3-8-18-36)53-49(55-50)37-27-25-35(26-28-37)34-15-5-2-6-16-34/h2-30,32-33H,31H2,1H3. The van der Waals surface area contributed by atoms with Crippen molar-refractivity contribution < 1.29 is 0 Å². The zero-order chi connectivity index (χ0) is 37.9. The lowest BCUT2D eigenvalue weighted by Gasteiger charge is -2.34. The third-order valence-electron chi connectivity index (χ3n) is 11.5. The zero-order valence-corrected chi connectivity index (χ0v) is 31.3. The minimum atomic E-state index is -0.205. The zero-order valence-electron chi connectivity index (χ0n) is 31.3. The Morgan fingerprint density at radius 1 is 0.509 bits per heavy atom. The minimum absolute atomic E-state index is 0.205. The van der Waals surface area contributed by atoms with E-state index in [1.807, 2.05) is 48.8 Å². The van der Waals surface area contributed by atoms with Gasteiger partial charge in [0.1, 0.15) is 0 Å². The van der Waals surface area contributed by atoms with Crippen molar-refractivity contribution in [2.75, 3.05) is 4.90 Å². The average Bonchev–Trinajstić information content (AvgIpc) is 3.74. The average molecular weight is 733 g/mol. The summed E-state index contributed by atoms with van der Waals surface area (Å²) in [5, 5.41) is 1.25. The molecule has 0 bridgehead atoms. The van der Waals surface area contributed by atoms with Crippen molar-refractivity contribution in [1.82, 2.24) is 24.5 Å². The van der Waals surface area contributed by atoms with Crippen molar-refractivity contribution in [1.29, 1.82) is 0 Å². The maximum Gasteiger partial charge on any atom is 0.165 e. The quantitative estimate of drug-likeness (QED) is 0.170. The summed E-state index contributed by atoms with van der Waals surface area (Å²) in [4.78, 5) is 22.5. The number of nitrogens with zero attached hydrogens (tertiary/aromatic N) is 6. The van der Waals surface area contributed by atoms with Crippen molar-refractivity contribution in [2.45, 2.75) is 18.8 Å². The summed E-state index contributed by atoms with van der Waals surface area (Å²) in [5.41, 5.74) is 14.3. The number of anilines is 2.